The molecular formula is C23H26F2N2O4. The number of amides is 1. The molecule has 0 aromatic heterocycles. The first-order valence-corrected chi connectivity index (χ1v) is 10.3. The summed E-state index contributed by atoms with van der Waals surface area (Å²) in [6.45, 7) is 3.35. The normalized spacial score (nSPS) is 16.5. The highest BCUT2D eigenvalue weighted by Crippen LogP contribution is 2.40. The van der Waals surface area contributed by atoms with Gasteiger partial charge in [-0.15, -0.1) is 0 Å². The van der Waals surface area contributed by atoms with Crippen molar-refractivity contribution < 1.29 is 27.8 Å². The van der Waals surface area contributed by atoms with Crippen LogP contribution in [0.4, 0.5) is 13.6 Å². The molecule has 1 aliphatic carbocycles. The molecule has 1 saturated heterocycles. The van der Waals surface area contributed by atoms with Gasteiger partial charge >= 0.3 is 12.7 Å². The third kappa shape index (κ3) is 5.60. The van der Waals surface area contributed by atoms with Crippen LogP contribution in [-0.4, -0.2) is 42.1 Å². The van der Waals surface area contributed by atoms with E-state index in [4.69, 9.17) is 14.7 Å². The van der Waals surface area contributed by atoms with E-state index in [2.05, 4.69) is 0 Å². The van der Waals surface area contributed by atoms with Gasteiger partial charge in [-0.1, -0.05) is 6.07 Å². The number of carbonyl (C=O) groups is 2. The maximum Gasteiger partial charge on any atom is 0.410 e. The minimum absolute atomic E-state index is 0.0587. The van der Waals surface area contributed by atoms with Crippen LogP contribution < -0.4 is 4.74 Å². The predicted octanol–water partition coefficient (Wildman–Crippen LogP) is 4.82. The van der Waals surface area contributed by atoms with Crippen LogP contribution in [0.1, 0.15) is 62.6 Å². The third-order valence-corrected chi connectivity index (χ3v) is 5.38. The number of ketones is 1. The quantitative estimate of drug-likeness (QED) is 0.666. The van der Waals surface area contributed by atoms with Gasteiger partial charge in [-0.2, -0.15) is 14.0 Å². The van der Waals surface area contributed by atoms with Crippen LogP contribution in [0.3, 0.4) is 0 Å². The number of ether oxygens (including phenoxy) is 2. The van der Waals surface area contributed by atoms with Gasteiger partial charge in [-0.3, -0.25) is 4.79 Å². The van der Waals surface area contributed by atoms with E-state index in [-0.39, 0.29) is 30.0 Å². The van der Waals surface area contributed by atoms with Crippen LogP contribution >= 0.6 is 0 Å². The molecule has 166 valence electrons. The number of alkyl halides is 2. The van der Waals surface area contributed by atoms with E-state index in [1.807, 2.05) is 12.1 Å². The molecule has 1 amide bonds. The summed E-state index contributed by atoms with van der Waals surface area (Å²) in [4.78, 5) is 26.0. The van der Waals surface area contributed by atoms with Crippen LogP contribution in [0.5, 0.6) is 5.75 Å². The number of likely N-dealkylation sites (tertiary alicyclic amines) is 1. The summed E-state index contributed by atoms with van der Waals surface area (Å²) in [5.74, 6) is -0.228. The highest BCUT2D eigenvalue weighted by Gasteiger charge is 2.30. The molecule has 1 aliphatic heterocycles. The molecule has 0 spiro atoms. The van der Waals surface area contributed by atoms with Gasteiger partial charge in [0.1, 0.15) is 11.4 Å². The first-order valence-electron chi connectivity index (χ1n) is 10.3. The molecule has 8 heteroatoms. The Hall–Kier alpha value is -2.95. The number of carbonyl (C=O) groups excluding carboxylic acids is 2. The van der Waals surface area contributed by atoms with Crippen LogP contribution in [0.15, 0.2) is 17.7 Å². The Morgan fingerprint density at radius 1 is 1.26 bits per heavy atom. The molecular weight excluding hydrogens is 406 g/mol. The Bertz CT molecular complexity index is 936. The van der Waals surface area contributed by atoms with E-state index in [0.29, 0.717) is 49.1 Å². The lowest BCUT2D eigenvalue weighted by Gasteiger charge is -2.34. The highest BCUT2D eigenvalue weighted by atomic mass is 19.3. The first-order chi connectivity index (χ1) is 14.6. The molecule has 3 rings (SSSR count). The van der Waals surface area contributed by atoms with E-state index in [1.54, 1.807) is 37.8 Å². The van der Waals surface area contributed by atoms with Gasteiger partial charge in [0.15, 0.2) is 5.78 Å². The summed E-state index contributed by atoms with van der Waals surface area (Å²) in [6, 6.07) is 5.21. The minimum atomic E-state index is -2.97. The van der Waals surface area contributed by atoms with E-state index in [0.717, 1.165) is 5.56 Å². The molecule has 2 aliphatic rings. The Kier molecular flexibility index (Phi) is 6.63. The Morgan fingerprint density at radius 2 is 1.94 bits per heavy atom. The van der Waals surface area contributed by atoms with Gasteiger partial charge in [0.2, 0.25) is 0 Å². The van der Waals surface area contributed by atoms with Gasteiger partial charge in [-0.05, 0) is 68.4 Å². The van der Waals surface area contributed by atoms with E-state index in [1.165, 1.54) is 0 Å². The van der Waals surface area contributed by atoms with Crippen molar-refractivity contribution in [2.45, 2.75) is 64.6 Å². The predicted molar refractivity (Wildman–Crippen MR) is 110 cm³/mol. The smallest absolute Gasteiger partial charge is 0.410 e. The highest BCUT2D eigenvalue weighted by molar-refractivity contribution is 6.02. The number of nitriles is 1. The molecule has 1 heterocycles. The van der Waals surface area contributed by atoms with Crippen LogP contribution in [-0.2, 0) is 16.0 Å². The molecule has 0 bridgehead atoms. The molecule has 1 fully saturated rings. The Labute approximate surface area is 180 Å². The summed E-state index contributed by atoms with van der Waals surface area (Å²) in [5, 5.41) is 8.76. The lowest BCUT2D eigenvalue weighted by Crippen LogP contribution is -2.41. The molecule has 6 nitrogen and oxygen atoms in total. The minimum Gasteiger partial charge on any atom is -0.444 e. The molecule has 1 aromatic rings. The second kappa shape index (κ2) is 9.04. The molecule has 0 radical (unpaired) electrons. The van der Waals surface area contributed by atoms with Gasteiger partial charge in [-0.25, -0.2) is 4.79 Å². The number of halogens is 2. The number of hydrogen-bond donors (Lipinski definition) is 0. The van der Waals surface area contributed by atoms with E-state index >= 15 is 0 Å². The zero-order valence-corrected chi connectivity index (χ0v) is 17.9. The van der Waals surface area contributed by atoms with Gasteiger partial charge in [0, 0.05) is 25.1 Å². The summed E-state index contributed by atoms with van der Waals surface area (Å²) in [7, 11) is 0. The average molecular weight is 432 g/mol. The summed E-state index contributed by atoms with van der Waals surface area (Å²) >= 11 is 0. The van der Waals surface area contributed by atoms with Crippen molar-refractivity contribution >= 4 is 18.0 Å². The van der Waals surface area contributed by atoms with Crippen LogP contribution in [0.2, 0.25) is 0 Å². The van der Waals surface area contributed by atoms with Crippen molar-refractivity contribution in [1.29, 1.82) is 5.26 Å². The monoisotopic (exact) mass is 432 g/mol. The van der Waals surface area contributed by atoms with Crippen LogP contribution in [0.25, 0.3) is 6.08 Å². The lowest BCUT2D eigenvalue weighted by molar-refractivity contribution is -0.114. The molecule has 0 saturated carbocycles. The van der Waals surface area contributed by atoms with Gasteiger partial charge < -0.3 is 14.4 Å². The number of benzene rings is 1. The lowest BCUT2D eigenvalue weighted by atomic mass is 9.87. The fourth-order valence-electron chi connectivity index (χ4n) is 3.97. The maximum absolute atomic E-state index is 13.1. The third-order valence-electron chi connectivity index (χ3n) is 5.38. The zero-order valence-electron chi connectivity index (χ0n) is 17.9. The maximum atomic E-state index is 13.1. The number of piperidine rings is 1. The Balaban J connectivity index is 1.78. The topological polar surface area (TPSA) is 79.6 Å². The largest absolute Gasteiger partial charge is 0.444 e. The summed E-state index contributed by atoms with van der Waals surface area (Å²) < 4.78 is 36.3. The van der Waals surface area contributed by atoms with Gasteiger partial charge in [0.05, 0.1) is 12.5 Å². The fourth-order valence-corrected chi connectivity index (χ4v) is 3.97. The van der Waals surface area contributed by atoms with Crippen molar-refractivity contribution in [3.05, 3.63) is 34.4 Å². The molecule has 1 aromatic carbocycles. The summed E-state index contributed by atoms with van der Waals surface area (Å²) in [5.41, 5.74) is 2.08. The summed E-state index contributed by atoms with van der Waals surface area (Å²) in [6.07, 6.45) is 2.59. The zero-order chi connectivity index (χ0) is 22.8. The molecule has 0 N–H and O–H groups in total. The standard InChI is InChI=1S/C23H26F2N2O4/c1-23(2,3)31-22(29)27-8-5-14(6-9-27)18-12-15-10-17(19(28)4-7-26)11-16(15)13-20(18)30-21(24)25/h11-14,21H,4-6,8-10H2,1-3H3. The average Bonchev–Trinajstić information content (AvgIpc) is 3.09. The number of hydrogen-bond acceptors (Lipinski definition) is 5. The van der Waals surface area contributed by atoms with Crippen molar-refractivity contribution in [2.24, 2.45) is 0 Å². The van der Waals surface area contributed by atoms with Crippen molar-refractivity contribution in [2.75, 3.05) is 13.1 Å². The first kappa shape index (κ1) is 22.7. The van der Waals surface area contributed by atoms with E-state index in [9.17, 15) is 18.4 Å². The fraction of sp³-hybridized carbons (Fsp3) is 0.522. The molecule has 0 atom stereocenters. The number of fused-ring (bicyclic) bond motifs is 1. The molecule has 31 heavy (non-hydrogen) atoms. The number of allylic oxidation sites excluding steroid dienone is 1. The van der Waals surface area contributed by atoms with Crippen molar-refractivity contribution in [1.82, 2.24) is 4.90 Å². The Morgan fingerprint density at radius 3 is 2.52 bits per heavy atom. The number of rotatable bonds is 5. The second-order valence-electron chi connectivity index (χ2n) is 8.81. The van der Waals surface area contributed by atoms with Crippen molar-refractivity contribution in [3.63, 3.8) is 0 Å². The SMILES string of the molecule is CC(C)(C)OC(=O)N1CCC(c2cc3c(cc2OC(F)F)C=C(C(=O)CC#N)C3)CC1. The second-order valence-corrected chi connectivity index (χ2v) is 8.81. The number of Topliss-reactive ketones (excluding diaryl/α,β-unsaturated/α-hetero) is 1. The number of nitrogens with zero attached hydrogens (tertiary/aromatic N) is 2. The van der Waals surface area contributed by atoms with E-state index < -0.39 is 12.2 Å². The molecule has 0 unspecified atom stereocenters. The van der Waals surface area contributed by atoms with Gasteiger partial charge in [0.25, 0.3) is 0 Å². The van der Waals surface area contributed by atoms with Crippen molar-refractivity contribution in [3.8, 4) is 11.8 Å². The van der Waals surface area contributed by atoms with Crippen LogP contribution in [0, 0.1) is 11.3 Å².